The fourth-order valence-electron chi connectivity index (χ4n) is 2.86. The predicted molar refractivity (Wildman–Crippen MR) is 94.2 cm³/mol. The van der Waals surface area contributed by atoms with Gasteiger partial charge < -0.3 is 5.32 Å². The van der Waals surface area contributed by atoms with Gasteiger partial charge in [-0.2, -0.15) is 5.10 Å². The highest BCUT2D eigenvalue weighted by atomic mass is 32.2. The molecule has 0 saturated carbocycles. The smallest absolute Gasteiger partial charge is 0.226 e. The first-order chi connectivity index (χ1) is 11.3. The van der Waals surface area contributed by atoms with Crippen molar-refractivity contribution in [2.75, 3.05) is 12.3 Å². The fraction of sp³-hybridized carbons (Fsp3) is 0.562. The zero-order chi connectivity index (χ0) is 16.1. The lowest BCUT2D eigenvalue weighted by Crippen LogP contribution is -2.27. The molecule has 0 spiro atoms. The van der Waals surface area contributed by atoms with E-state index >= 15 is 0 Å². The molecule has 5 nitrogen and oxygen atoms in total. The Morgan fingerprint density at radius 3 is 3.17 bits per heavy atom. The molecular weight excluding hydrogens is 328 g/mol. The Hall–Kier alpha value is -1.34. The fourth-order valence-corrected chi connectivity index (χ4v) is 4.60. The molecule has 0 unspecified atom stereocenters. The third-order valence-corrected chi connectivity index (χ3v) is 5.92. The Bertz CT molecular complexity index is 665. The number of H-pyrrole nitrogens is 1. The van der Waals surface area contributed by atoms with Crippen molar-refractivity contribution >= 4 is 29.0 Å². The number of aromatic amines is 1. The molecule has 0 radical (unpaired) electrons. The minimum Gasteiger partial charge on any atom is -0.355 e. The Morgan fingerprint density at radius 1 is 1.43 bits per heavy atom. The minimum absolute atomic E-state index is 0.0350. The second-order valence-corrected chi connectivity index (χ2v) is 8.02. The van der Waals surface area contributed by atoms with Crippen LogP contribution in [0.25, 0.3) is 0 Å². The molecule has 23 heavy (non-hydrogen) atoms. The molecule has 1 aliphatic rings. The number of carbonyl (C=O) groups excluding carboxylic acids is 1. The number of rotatable bonds is 7. The zero-order valence-corrected chi connectivity index (χ0v) is 15.0. The first-order valence-electron chi connectivity index (χ1n) is 8.15. The largest absolute Gasteiger partial charge is 0.355 e. The molecule has 2 N–H and O–H groups in total. The molecule has 1 amide bonds. The van der Waals surface area contributed by atoms with Crippen molar-refractivity contribution in [1.29, 1.82) is 0 Å². The Labute approximate surface area is 144 Å². The Morgan fingerprint density at radius 2 is 2.30 bits per heavy atom. The van der Waals surface area contributed by atoms with E-state index in [1.165, 1.54) is 24.1 Å². The van der Waals surface area contributed by atoms with E-state index in [2.05, 4.69) is 27.4 Å². The number of nitrogens with zero attached hydrogens (tertiary/aromatic N) is 2. The molecule has 0 aliphatic heterocycles. The number of thioether (sulfide) groups is 1. The lowest BCUT2D eigenvalue weighted by Gasteiger charge is -2.11. The molecule has 0 aromatic carbocycles. The summed E-state index contributed by atoms with van der Waals surface area (Å²) in [6.07, 6.45) is 5.87. The summed E-state index contributed by atoms with van der Waals surface area (Å²) in [5.74, 6) is 1.04. The molecule has 7 heteroatoms. The van der Waals surface area contributed by atoms with E-state index in [0.29, 0.717) is 13.0 Å². The van der Waals surface area contributed by atoms with E-state index in [-0.39, 0.29) is 5.91 Å². The van der Waals surface area contributed by atoms with Crippen LogP contribution in [0.4, 0.5) is 0 Å². The predicted octanol–water partition coefficient (Wildman–Crippen LogP) is 2.76. The van der Waals surface area contributed by atoms with Crippen molar-refractivity contribution in [3.8, 4) is 0 Å². The average Bonchev–Trinajstić information content (AvgIpc) is 3.15. The third kappa shape index (κ3) is 4.35. The van der Waals surface area contributed by atoms with E-state index in [9.17, 15) is 4.79 Å². The van der Waals surface area contributed by atoms with Crippen LogP contribution >= 0.6 is 23.1 Å². The molecular formula is C16H22N4OS2. The summed E-state index contributed by atoms with van der Waals surface area (Å²) >= 11 is 3.33. The van der Waals surface area contributed by atoms with Gasteiger partial charge in [0.25, 0.3) is 0 Å². The van der Waals surface area contributed by atoms with Gasteiger partial charge in [-0.25, -0.2) is 4.98 Å². The van der Waals surface area contributed by atoms with Gasteiger partial charge in [-0.05, 0) is 37.0 Å². The molecule has 0 saturated heterocycles. The third-order valence-electron chi connectivity index (χ3n) is 3.97. The van der Waals surface area contributed by atoms with E-state index in [4.69, 9.17) is 0 Å². The minimum atomic E-state index is 0.0350. The van der Waals surface area contributed by atoms with Crippen molar-refractivity contribution < 1.29 is 4.79 Å². The first kappa shape index (κ1) is 16.5. The number of aryl methyl sites for hydroxylation is 1. The van der Waals surface area contributed by atoms with Crippen LogP contribution in [0.2, 0.25) is 0 Å². The highest BCUT2D eigenvalue weighted by molar-refractivity contribution is 8.00. The number of carbonyl (C=O) groups is 1. The SMILES string of the molecule is CCSc1nc(CC(=O)NCCc2n[nH]c3c2CCCC3)cs1. The van der Waals surface area contributed by atoms with Crippen LogP contribution in [0.1, 0.15) is 42.4 Å². The van der Waals surface area contributed by atoms with Gasteiger partial charge in [-0.1, -0.05) is 18.7 Å². The van der Waals surface area contributed by atoms with Gasteiger partial charge >= 0.3 is 0 Å². The maximum Gasteiger partial charge on any atom is 0.226 e. The summed E-state index contributed by atoms with van der Waals surface area (Å²) in [4.78, 5) is 16.5. The van der Waals surface area contributed by atoms with Crippen LogP contribution in [-0.2, 0) is 30.5 Å². The van der Waals surface area contributed by atoms with Gasteiger partial charge in [0.2, 0.25) is 5.91 Å². The molecule has 2 heterocycles. The zero-order valence-electron chi connectivity index (χ0n) is 13.4. The summed E-state index contributed by atoms with van der Waals surface area (Å²) in [5, 5.41) is 12.5. The van der Waals surface area contributed by atoms with Crippen LogP contribution in [0.15, 0.2) is 9.72 Å². The Balaban J connectivity index is 1.45. The van der Waals surface area contributed by atoms with Crippen LogP contribution < -0.4 is 5.32 Å². The van der Waals surface area contributed by atoms with E-state index in [1.54, 1.807) is 23.1 Å². The number of hydrogen-bond donors (Lipinski definition) is 2. The van der Waals surface area contributed by atoms with Gasteiger partial charge in [0, 0.05) is 24.0 Å². The second-order valence-electron chi connectivity index (χ2n) is 5.65. The monoisotopic (exact) mass is 350 g/mol. The van der Waals surface area contributed by atoms with Crippen molar-refractivity contribution in [3.05, 3.63) is 28.0 Å². The summed E-state index contributed by atoms with van der Waals surface area (Å²) in [6, 6.07) is 0. The second kappa shape index (κ2) is 7.97. The van der Waals surface area contributed by atoms with Gasteiger partial charge in [-0.15, -0.1) is 11.3 Å². The van der Waals surface area contributed by atoms with Crippen molar-refractivity contribution in [2.45, 2.75) is 49.8 Å². The van der Waals surface area contributed by atoms with Gasteiger partial charge in [0.1, 0.15) is 4.34 Å². The van der Waals surface area contributed by atoms with Gasteiger partial charge in [0.05, 0.1) is 17.8 Å². The summed E-state index contributed by atoms with van der Waals surface area (Å²) in [6.45, 7) is 2.74. The molecule has 2 aromatic heterocycles. The molecule has 124 valence electrons. The van der Waals surface area contributed by atoms with Crippen molar-refractivity contribution in [2.24, 2.45) is 0 Å². The van der Waals surface area contributed by atoms with Crippen LogP contribution in [0.3, 0.4) is 0 Å². The summed E-state index contributed by atoms with van der Waals surface area (Å²) < 4.78 is 1.04. The highest BCUT2D eigenvalue weighted by Crippen LogP contribution is 2.23. The molecule has 2 aromatic rings. The van der Waals surface area contributed by atoms with E-state index < -0.39 is 0 Å². The highest BCUT2D eigenvalue weighted by Gasteiger charge is 2.16. The lowest BCUT2D eigenvalue weighted by molar-refractivity contribution is -0.120. The topological polar surface area (TPSA) is 70.7 Å². The standard InChI is InChI=1S/C16H22N4OS2/c1-2-22-16-18-11(10-23-16)9-15(21)17-8-7-14-12-5-3-4-6-13(12)19-20-14/h10H,2-9H2,1H3,(H,17,21)(H,19,20). The number of hydrogen-bond acceptors (Lipinski definition) is 5. The maximum atomic E-state index is 12.0. The molecule has 0 fully saturated rings. The van der Waals surface area contributed by atoms with Crippen LogP contribution in [-0.4, -0.2) is 33.4 Å². The van der Waals surface area contributed by atoms with Crippen LogP contribution in [0.5, 0.6) is 0 Å². The van der Waals surface area contributed by atoms with Crippen LogP contribution in [0, 0.1) is 0 Å². The average molecular weight is 351 g/mol. The number of amides is 1. The maximum absolute atomic E-state index is 12.0. The van der Waals surface area contributed by atoms with Crippen molar-refractivity contribution in [3.63, 3.8) is 0 Å². The lowest BCUT2D eigenvalue weighted by atomic mass is 9.95. The van der Waals surface area contributed by atoms with Gasteiger partial charge in [-0.3, -0.25) is 9.89 Å². The summed E-state index contributed by atoms with van der Waals surface area (Å²) in [7, 11) is 0. The normalized spacial score (nSPS) is 13.8. The Kier molecular flexibility index (Phi) is 5.72. The molecule has 0 bridgehead atoms. The quantitative estimate of drug-likeness (QED) is 0.753. The van der Waals surface area contributed by atoms with E-state index in [0.717, 1.165) is 40.7 Å². The summed E-state index contributed by atoms with van der Waals surface area (Å²) in [5.41, 5.74) is 4.66. The number of fused-ring (bicyclic) bond motifs is 1. The first-order valence-corrected chi connectivity index (χ1v) is 10.0. The van der Waals surface area contributed by atoms with Gasteiger partial charge in [0.15, 0.2) is 0 Å². The number of nitrogens with one attached hydrogen (secondary N) is 2. The van der Waals surface area contributed by atoms with Crippen molar-refractivity contribution in [1.82, 2.24) is 20.5 Å². The molecule has 1 aliphatic carbocycles. The molecule has 0 atom stereocenters. The number of aromatic nitrogens is 3. The molecule has 3 rings (SSSR count). The number of thiazole rings is 1. The van der Waals surface area contributed by atoms with E-state index in [1.807, 2.05) is 5.38 Å².